The molecule has 2 aromatic rings. The normalized spacial score (nSPS) is 14.3. The molecule has 0 atom stereocenters. The van der Waals surface area contributed by atoms with Crippen molar-refractivity contribution in [1.82, 2.24) is 20.2 Å². The quantitative estimate of drug-likeness (QED) is 0.803. The highest BCUT2D eigenvalue weighted by atomic mass is 79.9. The van der Waals surface area contributed by atoms with Gasteiger partial charge in [-0.05, 0) is 47.5 Å². The summed E-state index contributed by atoms with van der Waals surface area (Å²) in [7, 11) is 0. The molecule has 1 aromatic carbocycles. The van der Waals surface area contributed by atoms with Crippen molar-refractivity contribution in [3.8, 4) is 0 Å². The van der Waals surface area contributed by atoms with Crippen LogP contribution in [0.1, 0.15) is 22.3 Å². The van der Waals surface area contributed by atoms with Gasteiger partial charge in [0.1, 0.15) is 0 Å². The van der Waals surface area contributed by atoms with E-state index in [1.54, 1.807) is 9.58 Å². The minimum absolute atomic E-state index is 0.0693. The molecule has 0 bridgehead atoms. The van der Waals surface area contributed by atoms with Crippen molar-refractivity contribution in [3.63, 3.8) is 0 Å². The van der Waals surface area contributed by atoms with Crippen molar-refractivity contribution < 1.29 is 4.79 Å². The zero-order valence-electron chi connectivity index (χ0n) is 10.4. The molecule has 0 saturated carbocycles. The van der Waals surface area contributed by atoms with Gasteiger partial charge in [-0.2, -0.15) is 0 Å². The molecule has 98 valence electrons. The van der Waals surface area contributed by atoms with E-state index in [1.807, 2.05) is 25.1 Å². The Morgan fingerprint density at radius 2 is 2.16 bits per heavy atom. The number of nitrogens with zero attached hydrogens (tertiary/aromatic N) is 5. The molecular weight excluding hydrogens is 310 g/mol. The number of halogens is 1. The second kappa shape index (κ2) is 4.73. The summed E-state index contributed by atoms with van der Waals surface area (Å²) in [4.78, 5) is 14.2. The average molecular weight is 322 g/mol. The summed E-state index contributed by atoms with van der Waals surface area (Å²) in [5.41, 5.74) is 1.68. The molecule has 1 aromatic heterocycles. The minimum atomic E-state index is -0.0693. The lowest BCUT2D eigenvalue weighted by atomic mass is 10.1. The SMILES string of the molecule is Cc1cc(Br)cc(C(=O)N2CCCn3nnnc32)c1. The van der Waals surface area contributed by atoms with Gasteiger partial charge in [-0.25, -0.2) is 4.68 Å². The van der Waals surface area contributed by atoms with Gasteiger partial charge in [0.25, 0.3) is 11.9 Å². The van der Waals surface area contributed by atoms with E-state index in [2.05, 4.69) is 31.5 Å². The highest BCUT2D eigenvalue weighted by Gasteiger charge is 2.26. The van der Waals surface area contributed by atoms with Gasteiger partial charge in [-0.15, -0.1) is 0 Å². The maximum absolute atomic E-state index is 12.6. The van der Waals surface area contributed by atoms with Crippen LogP contribution in [0.2, 0.25) is 0 Å². The summed E-state index contributed by atoms with van der Waals surface area (Å²) in [6.07, 6.45) is 0.858. The predicted octanol–water partition coefficient (Wildman–Crippen LogP) is 1.79. The van der Waals surface area contributed by atoms with E-state index in [9.17, 15) is 4.79 Å². The molecule has 7 heteroatoms. The second-order valence-corrected chi connectivity index (χ2v) is 5.45. The van der Waals surface area contributed by atoms with Crippen LogP contribution < -0.4 is 4.90 Å². The molecule has 1 amide bonds. The third-order valence-corrected chi connectivity index (χ3v) is 3.50. The predicted molar refractivity (Wildman–Crippen MR) is 73.0 cm³/mol. The first-order valence-corrected chi connectivity index (χ1v) is 6.80. The number of carbonyl (C=O) groups is 1. The van der Waals surface area contributed by atoms with Crippen LogP contribution in [0.3, 0.4) is 0 Å². The van der Waals surface area contributed by atoms with Gasteiger partial charge in [-0.3, -0.25) is 9.69 Å². The summed E-state index contributed by atoms with van der Waals surface area (Å²) in [6.45, 7) is 3.36. The first kappa shape index (κ1) is 12.3. The zero-order valence-corrected chi connectivity index (χ0v) is 12.0. The Bertz CT molecular complexity index is 619. The van der Waals surface area contributed by atoms with Crippen LogP contribution in [-0.4, -0.2) is 32.7 Å². The van der Waals surface area contributed by atoms with Gasteiger partial charge in [0.2, 0.25) is 0 Å². The number of rotatable bonds is 1. The lowest BCUT2D eigenvalue weighted by Crippen LogP contribution is -2.38. The van der Waals surface area contributed by atoms with E-state index < -0.39 is 0 Å². The maximum atomic E-state index is 12.6. The number of benzene rings is 1. The van der Waals surface area contributed by atoms with Crippen molar-refractivity contribution in [2.45, 2.75) is 19.9 Å². The number of hydrogen-bond acceptors (Lipinski definition) is 4. The fraction of sp³-hybridized carbons (Fsp3) is 0.333. The summed E-state index contributed by atoms with van der Waals surface area (Å²) < 4.78 is 2.55. The minimum Gasteiger partial charge on any atom is -0.275 e. The summed E-state index contributed by atoms with van der Waals surface area (Å²) in [5.74, 6) is 0.453. The van der Waals surface area contributed by atoms with E-state index in [-0.39, 0.29) is 5.91 Å². The first-order valence-electron chi connectivity index (χ1n) is 6.00. The molecule has 0 unspecified atom stereocenters. The molecular formula is C12H12BrN5O. The number of anilines is 1. The number of carbonyl (C=O) groups excluding carboxylic acids is 1. The van der Waals surface area contributed by atoms with Crippen molar-refractivity contribution in [2.75, 3.05) is 11.4 Å². The Labute approximate surface area is 118 Å². The highest BCUT2D eigenvalue weighted by Crippen LogP contribution is 2.21. The van der Waals surface area contributed by atoms with Crippen molar-refractivity contribution in [1.29, 1.82) is 0 Å². The third-order valence-electron chi connectivity index (χ3n) is 3.04. The van der Waals surface area contributed by atoms with Gasteiger partial charge in [0, 0.05) is 23.1 Å². The average Bonchev–Trinajstić information content (AvgIpc) is 2.84. The standard InChI is InChI=1S/C12H12BrN5O/c1-8-5-9(7-10(13)6-8)11(19)17-3-2-4-18-12(17)14-15-16-18/h5-7H,2-4H2,1H3. The molecule has 6 nitrogen and oxygen atoms in total. The number of tetrazole rings is 1. The van der Waals surface area contributed by atoms with Crippen molar-refractivity contribution >= 4 is 27.8 Å². The molecule has 0 radical (unpaired) electrons. The Morgan fingerprint density at radius 1 is 1.32 bits per heavy atom. The number of fused-ring (bicyclic) bond motifs is 1. The van der Waals surface area contributed by atoms with Crippen molar-refractivity contribution in [3.05, 3.63) is 33.8 Å². The maximum Gasteiger partial charge on any atom is 0.260 e. The van der Waals surface area contributed by atoms with Crippen LogP contribution in [0.15, 0.2) is 22.7 Å². The molecule has 2 heterocycles. The van der Waals surface area contributed by atoms with Crippen LogP contribution in [0.4, 0.5) is 5.95 Å². The summed E-state index contributed by atoms with van der Waals surface area (Å²) in [5, 5.41) is 11.4. The smallest absolute Gasteiger partial charge is 0.260 e. The molecule has 0 N–H and O–H groups in total. The molecule has 1 aliphatic rings. The molecule has 0 spiro atoms. The van der Waals surface area contributed by atoms with Gasteiger partial charge in [0.05, 0.1) is 0 Å². The molecule has 3 rings (SSSR count). The number of aromatic nitrogens is 4. The molecule has 0 aliphatic carbocycles. The Balaban J connectivity index is 1.97. The topological polar surface area (TPSA) is 63.9 Å². The van der Waals surface area contributed by atoms with E-state index in [1.165, 1.54) is 0 Å². The van der Waals surface area contributed by atoms with Crippen LogP contribution in [0, 0.1) is 6.92 Å². The van der Waals surface area contributed by atoms with Crippen LogP contribution in [0.25, 0.3) is 0 Å². The lowest BCUT2D eigenvalue weighted by molar-refractivity contribution is 0.0980. The second-order valence-electron chi connectivity index (χ2n) is 4.53. The van der Waals surface area contributed by atoms with Gasteiger partial charge >= 0.3 is 0 Å². The third kappa shape index (κ3) is 2.25. The summed E-state index contributed by atoms with van der Waals surface area (Å²) in [6, 6.07) is 5.66. The Morgan fingerprint density at radius 3 is 2.95 bits per heavy atom. The fourth-order valence-electron chi connectivity index (χ4n) is 2.22. The molecule has 0 fully saturated rings. The van der Waals surface area contributed by atoms with Crippen molar-refractivity contribution in [2.24, 2.45) is 0 Å². The largest absolute Gasteiger partial charge is 0.275 e. The number of hydrogen-bond donors (Lipinski definition) is 0. The molecule has 19 heavy (non-hydrogen) atoms. The van der Waals surface area contributed by atoms with Gasteiger partial charge < -0.3 is 0 Å². The zero-order chi connectivity index (χ0) is 13.4. The fourth-order valence-corrected chi connectivity index (χ4v) is 2.83. The Kier molecular flexibility index (Phi) is 3.06. The molecule has 1 aliphatic heterocycles. The number of aryl methyl sites for hydroxylation is 2. The van der Waals surface area contributed by atoms with Crippen LogP contribution >= 0.6 is 15.9 Å². The Hall–Kier alpha value is -1.76. The molecule has 0 saturated heterocycles. The van der Waals surface area contributed by atoms with E-state index >= 15 is 0 Å². The van der Waals surface area contributed by atoms with Crippen LogP contribution in [0.5, 0.6) is 0 Å². The van der Waals surface area contributed by atoms with E-state index in [0.717, 1.165) is 23.0 Å². The van der Waals surface area contributed by atoms with E-state index in [0.29, 0.717) is 18.1 Å². The highest BCUT2D eigenvalue weighted by molar-refractivity contribution is 9.10. The first-order chi connectivity index (χ1) is 9.15. The monoisotopic (exact) mass is 321 g/mol. The van der Waals surface area contributed by atoms with Gasteiger partial charge in [-0.1, -0.05) is 21.0 Å². The van der Waals surface area contributed by atoms with Crippen LogP contribution in [-0.2, 0) is 6.54 Å². The van der Waals surface area contributed by atoms with Gasteiger partial charge in [0.15, 0.2) is 0 Å². The lowest BCUT2D eigenvalue weighted by Gasteiger charge is -2.25. The van der Waals surface area contributed by atoms with E-state index in [4.69, 9.17) is 0 Å². The number of amides is 1. The summed E-state index contributed by atoms with van der Waals surface area (Å²) >= 11 is 3.41.